The summed E-state index contributed by atoms with van der Waals surface area (Å²) in [6.45, 7) is 4.39. The fourth-order valence-corrected chi connectivity index (χ4v) is 3.54. The Morgan fingerprint density at radius 2 is 1.33 bits per heavy atom. The summed E-state index contributed by atoms with van der Waals surface area (Å²) < 4.78 is 6.29. The molecule has 0 amide bonds. The zero-order chi connectivity index (χ0) is 12.8. The molecule has 0 radical (unpaired) electrons. The lowest BCUT2D eigenvalue weighted by Gasteiger charge is -2.34. The lowest BCUT2D eigenvalue weighted by atomic mass is 9.84. The summed E-state index contributed by atoms with van der Waals surface area (Å²) >= 11 is 0. The van der Waals surface area contributed by atoms with Crippen molar-refractivity contribution in [1.29, 1.82) is 0 Å². The molecule has 0 aliphatic carbocycles. The highest BCUT2D eigenvalue weighted by Crippen LogP contribution is 2.36. The first-order valence-corrected chi connectivity index (χ1v) is 8.57. The number of hydrogen-bond donors (Lipinski definition) is 0. The van der Waals surface area contributed by atoms with E-state index in [4.69, 9.17) is 4.43 Å². The first kappa shape index (κ1) is 13.1. The van der Waals surface area contributed by atoms with Gasteiger partial charge in [0.15, 0.2) is 9.76 Å². The highest BCUT2D eigenvalue weighted by atomic mass is 28.2. The van der Waals surface area contributed by atoms with Gasteiger partial charge in [-0.2, -0.15) is 0 Å². The summed E-state index contributed by atoms with van der Waals surface area (Å²) in [6, 6.07) is 21.1. The van der Waals surface area contributed by atoms with E-state index in [1.54, 1.807) is 0 Å². The van der Waals surface area contributed by atoms with Crippen molar-refractivity contribution in [3.63, 3.8) is 0 Å². The molecule has 0 aliphatic heterocycles. The van der Waals surface area contributed by atoms with Crippen LogP contribution in [0.4, 0.5) is 0 Å². The summed E-state index contributed by atoms with van der Waals surface area (Å²) in [6.07, 6.45) is 0.960. The van der Waals surface area contributed by atoms with Gasteiger partial charge in [0.1, 0.15) is 5.60 Å². The predicted octanol–water partition coefficient (Wildman–Crippen LogP) is 3.49. The third kappa shape index (κ3) is 2.40. The van der Waals surface area contributed by atoms with Crippen LogP contribution in [-0.4, -0.2) is 9.76 Å². The Bertz CT molecular complexity index is 427. The van der Waals surface area contributed by atoms with E-state index in [1.165, 1.54) is 11.1 Å². The zero-order valence-electron chi connectivity index (χ0n) is 11.1. The topological polar surface area (TPSA) is 9.23 Å². The standard InChI is InChI=1S/C16H20OSi/c1-3-16(17-18-2,14-10-6-4-7-11-14)15-12-8-5-9-13-15/h4-13H,3,18H2,1-2H3. The molecule has 0 spiro atoms. The Kier molecular flexibility index (Phi) is 4.34. The molecule has 0 fully saturated rings. The normalized spacial score (nSPS) is 12.1. The molecule has 0 saturated heterocycles. The Balaban J connectivity index is 2.53. The second-order valence-electron chi connectivity index (χ2n) is 4.35. The average Bonchev–Trinajstić information content (AvgIpc) is 2.47. The van der Waals surface area contributed by atoms with E-state index in [0.717, 1.165) is 6.42 Å². The fraction of sp³-hybridized carbons (Fsp3) is 0.250. The molecule has 94 valence electrons. The molecule has 0 atom stereocenters. The Morgan fingerprint density at radius 3 is 1.67 bits per heavy atom. The van der Waals surface area contributed by atoms with Crippen LogP contribution in [0, 0.1) is 0 Å². The van der Waals surface area contributed by atoms with E-state index in [0.29, 0.717) is 0 Å². The van der Waals surface area contributed by atoms with Gasteiger partial charge in [-0.15, -0.1) is 0 Å². The minimum absolute atomic E-state index is 0.260. The first-order chi connectivity index (χ1) is 8.83. The van der Waals surface area contributed by atoms with Gasteiger partial charge < -0.3 is 4.43 Å². The van der Waals surface area contributed by atoms with Crippen molar-refractivity contribution in [2.45, 2.75) is 25.5 Å². The molecule has 0 aliphatic rings. The van der Waals surface area contributed by atoms with Crippen LogP contribution in [0.25, 0.3) is 0 Å². The Morgan fingerprint density at radius 1 is 0.889 bits per heavy atom. The summed E-state index contributed by atoms with van der Waals surface area (Å²) in [4.78, 5) is 0. The third-order valence-corrected chi connectivity index (χ3v) is 4.15. The smallest absolute Gasteiger partial charge is 0.160 e. The molecule has 18 heavy (non-hydrogen) atoms. The quantitative estimate of drug-likeness (QED) is 0.744. The van der Waals surface area contributed by atoms with Gasteiger partial charge in [-0.25, -0.2) is 0 Å². The van der Waals surface area contributed by atoms with Gasteiger partial charge in [0.05, 0.1) is 0 Å². The maximum absolute atomic E-state index is 6.29. The SMILES string of the molecule is CCC(O[SiH2]C)(c1ccccc1)c1ccccc1. The van der Waals surface area contributed by atoms with Crippen molar-refractivity contribution in [3.8, 4) is 0 Å². The van der Waals surface area contributed by atoms with Crippen LogP contribution in [0.5, 0.6) is 0 Å². The van der Waals surface area contributed by atoms with Crippen LogP contribution in [0.1, 0.15) is 24.5 Å². The summed E-state index contributed by atoms with van der Waals surface area (Å²) in [5.41, 5.74) is 2.25. The lowest BCUT2D eigenvalue weighted by Crippen LogP contribution is -2.31. The molecule has 2 aromatic rings. The minimum Gasteiger partial charge on any atom is -0.411 e. The van der Waals surface area contributed by atoms with Crippen LogP contribution >= 0.6 is 0 Å². The maximum atomic E-state index is 6.29. The van der Waals surface area contributed by atoms with Crippen molar-refractivity contribution in [2.75, 3.05) is 0 Å². The van der Waals surface area contributed by atoms with Crippen molar-refractivity contribution in [2.24, 2.45) is 0 Å². The van der Waals surface area contributed by atoms with E-state index in [9.17, 15) is 0 Å². The van der Waals surface area contributed by atoms with E-state index < -0.39 is 9.76 Å². The third-order valence-electron chi connectivity index (χ3n) is 3.37. The van der Waals surface area contributed by atoms with Crippen LogP contribution in [0.15, 0.2) is 60.7 Å². The molecule has 2 rings (SSSR count). The summed E-state index contributed by atoms with van der Waals surface area (Å²) in [5.74, 6) is 0. The molecule has 0 heterocycles. The van der Waals surface area contributed by atoms with E-state index in [2.05, 4.69) is 74.1 Å². The molecule has 0 saturated carbocycles. The minimum atomic E-state index is -0.489. The fourth-order valence-electron chi connectivity index (χ4n) is 2.50. The van der Waals surface area contributed by atoms with Gasteiger partial charge in [0.2, 0.25) is 0 Å². The zero-order valence-corrected chi connectivity index (χ0v) is 12.5. The van der Waals surface area contributed by atoms with E-state index in [1.807, 2.05) is 0 Å². The summed E-state index contributed by atoms with van der Waals surface area (Å²) in [7, 11) is -0.489. The Hall–Kier alpha value is -1.38. The second kappa shape index (κ2) is 5.98. The van der Waals surface area contributed by atoms with E-state index >= 15 is 0 Å². The molecular weight excluding hydrogens is 236 g/mol. The van der Waals surface area contributed by atoms with Crippen molar-refractivity contribution in [3.05, 3.63) is 71.8 Å². The van der Waals surface area contributed by atoms with E-state index in [-0.39, 0.29) is 5.60 Å². The second-order valence-corrected chi connectivity index (χ2v) is 5.21. The van der Waals surface area contributed by atoms with Crippen LogP contribution in [-0.2, 0) is 10.0 Å². The largest absolute Gasteiger partial charge is 0.411 e. The highest BCUT2D eigenvalue weighted by molar-refractivity contribution is 6.25. The molecule has 0 bridgehead atoms. The number of benzene rings is 2. The molecule has 2 heteroatoms. The monoisotopic (exact) mass is 256 g/mol. The predicted molar refractivity (Wildman–Crippen MR) is 79.4 cm³/mol. The van der Waals surface area contributed by atoms with Gasteiger partial charge in [-0.05, 0) is 17.5 Å². The van der Waals surface area contributed by atoms with Gasteiger partial charge >= 0.3 is 0 Å². The van der Waals surface area contributed by atoms with Gasteiger partial charge in [-0.3, -0.25) is 0 Å². The summed E-state index contributed by atoms with van der Waals surface area (Å²) in [5, 5.41) is 0. The molecule has 0 N–H and O–H groups in total. The maximum Gasteiger partial charge on any atom is 0.160 e. The van der Waals surface area contributed by atoms with Crippen LogP contribution in [0.3, 0.4) is 0 Å². The molecule has 0 aromatic heterocycles. The molecule has 0 unspecified atom stereocenters. The lowest BCUT2D eigenvalue weighted by molar-refractivity contribution is 0.114. The van der Waals surface area contributed by atoms with Crippen molar-refractivity contribution >= 4 is 9.76 Å². The van der Waals surface area contributed by atoms with Crippen LogP contribution in [0.2, 0.25) is 6.55 Å². The average molecular weight is 256 g/mol. The molecular formula is C16H20OSi. The number of hydrogen-bond acceptors (Lipinski definition) is 1. The van der Waals surface area contributed by atoms with Gasteiger partial charge in [0, 0.05) is 0 Å². The van der Waals surface area contributed by atoms with Crippen LogP contribution < -0.4 is 0 Å². The van der Waals surface area contributed by atoms with Gasteiger partial charge in [0.25, 0.3) is 0 Å². The Labute approximate surface area is 112 Å². The van der Waals surface area contributed by atoms with Gasteiger partial charge in [-0.1, -0.05) is 74.1 Å². The molecule has 1 nitrogen and oxygen atoms in total. The van der Waals surface area contributed by atoms with Crippen molar-refractivity contribution < 1.29 is 4.43 Å². The highest BCUT2D eigenvalue weighted by Gasteiger charge is 2.32. The first-order valence-electron chi connectivity index (χ1n) is 6.58. The number of rotatable bonds is 5. The van der Waals surface area contributed by atoms with Crippen molar-refractivity contribution in [1.82, 2.24) is 0 Å². The molecule has 2 aromatic carbocycles.